The van der Waals surface area contributed by atoms with E-state index in [0.717, 1.165) is 8.96 Å². The fourth-order valence-corrected chi connectivity index (χ4v) is 9.25. The van der Waals surface area contributed by atoms with Gasteiger partial charge in [-0.3, -0.25) is 23.9 Å². The molecule has 3 fully saturated rings. The number of carbonyl (C=O) groups excluding carboxylic acids is 4. The number of fused-ring (bicyclic) bond motifs is 1. The van der Waals surface area contributed by atoms with Crippen LogP contribution >= 0.6 is 22.6 Å². The molecule has 2 saturated carbocycles. The van der Waals surface area contributed by atoms with Gasteiger partial charge in [-0.05, 0) is 110 Å². The lowest BCUT2D eigenvalue weighted by molar-refractivity contribution is -0.141. The van der Waals surface area contributed by atoms with Gasteiger partial charge in [-0.15, -0.1) is 0 Å². The van der Waals surface area contributed by atoms with Crippen LogP contribution in [0.25, 0.3) is 10.8 Å². The molecule has 0 bridgehead atoms. The topological polar surface area (TPSA) is 185 Å². The molecule has 0 unspecified atom stereocenters. The van der Waals surface area contributed by atoms with E-state index in [1.807, 2.05) is 66.7 Å². The maximum Gasteiger partial charge on any atom is 0.259 e. The predicted octanol–water partition coefficient (Wildman–Crippen LogP) is 5.14. The molecule has 4 N–H and O–H groups in total. The van der Waals surface area contributed by atoms with Crippen LogP contribution in [0.15, 0.2) is 48.7 Å². The lowest BCUT2D eigenvalue weighted by Crippen LogP contribution is -2.58. The molecule has 1 aliphatic heterocycles. The van der Waals surface area contributed by atoms with Crippen LogP contribution in [0.3, 0.4) is 0 Å². The molecule has 0 spiro atoms. The summed E-state index contributed by atoms with van der Waals surface area (Å²) in [4.78, 5) is 62.2. The second-order valence-electron chi connectivity index (χ2n) is 17.5. The van der Waals surface area contributed by atoms with Gasteiger partial charge in [0, 0.05) is 37.6 Å². The second-order valence-corrected chi connectivity index (χ2v) is 20.7. The van der Waals surface area contributed by atoms with Gasteiger partial charge >= 0.3 is 0 Å². The third-order valence-corrected chi connectivity index (χ3v) is 13.2. The molecule has 14 nitrogen and oxygen atoms in total. The number of carbonyl (C=O) groups is 4. The first-order valence-electron chi connectivity index (χ1n) is 19.3. The number of amides is 4. The molecule has 16 heteroatoms. The van der Waals surface area contributed by atoms with Gasteiger partial charge in [-0.1, -0.05) is 40.2 Å². The number of benzene rings is 2. The van der Waals surface area contributed by atoms with Gasteiger partial charge in [-0.25, -0.2) is 13.4 Å². The first-order valence-corrected chi connectivity index (χ1v) is 21.9. The van der Waals surface area contributed by atoms with Crippen LogP contribution in [0.1, 0.15) is 90.9 Å². The van der Waals surface area contributed by atoms with Crippen molar-refractivity contribution in [3.63, 3.8) is 0 Å². The number of methoxy groups -OCH3 is 1. The number of anilines is 1. The average molecular weight is 917 g/mol. The van der Waals surface area contributed by atoms with E-state index in [1.54, 1.807) is 37.6 Å². The molecular formula is C41H53IN6O8S. The third-order valence-electron chi connectivity index (χ3n) is 10.7. The van der Waals surface area contributed by atoms with Gasteiger partial charge in [0.05, 0.1) is 25.1 Å². The monoisotopic (exact) mass is 916 g/mol. The van der Waals surface area contributed by atoms with Crippen LogP contribution in [-0.2, 0) is 24.4 Å². The van der Waals surface area contributed by atoms with E-state index in [4.69, 9.17) is 9.47 Å². The van der Waals surface area contributed by atoms with Gasteiger partial charge in [0.25, 0.3) is 11.8 Å². The molecule has 4 amide bonds. The van der Waals surface area contributed by atoms with Crippen molar-refractivity contribution >= 4 is 72.7 Å². The van der Waals surface area contributed by atoms with E-state index in [0.29, 0.717) is 47.5 Å². The van der Waals surface area contributed by atoms with Crippen molar-refractivity contribution in [3.05, 3.63) is 57.8 Å². The van der Waals surface area contributed by atoms with Crippen molar-refractivity contribution in [1.29, 1.82) is 0 Å². The van der Waals surface area contributed by atoms with Crippen molar-refractivity contribution in [3.8, 4) is 11.6 Å². The summed E-state index contributed by atoms with van der Waals surface area (Å²) in [5.41, 5.74) is -1.62. The van der Waals surface area contributed by atoms with E-state index >= 15 is 0 Å². The van der Waals surface area contributed by atoms with Crippen molar-refractivity contribution in [2.45, 2.75) is 115 Å². The molecule has 5 atom stereocenters. The number of aromatic nitrogens is 1. The number of nitrogens with one attached hydrogen (secondary N) is 4. The summed E-state index contributed by atoms with van der Waals surface area (Å²) in [6, 6.07) is 10.7. The van der Waals surface area contributed by atoms with Gasteiger partial charge in [-0.2, -0.15) is 0 Å². The number of nitrogens with zero attached hydrogens (tertiary/aromatic N) is 2. The molecule has 2 heterocycles. The number of sulfonamides is 1. The van der Waals surface area contributed by atoms with E-state index in [9.17, 15) is 27.6 Å². The zero-order valence-corrected chi connectivity index (χ0v) is 36.7. The maximum absolute atomic E-state index is 14.9. The van der Waals surface area contributed by atoms with Crippen LogP contribution in [0.5, 0.6) is 11.6 Å². The number of pyridine rings is 1. The Kier molecular flexibility index (Phi) is 11.8. The van der Waals surface area contributed by atoms with Crippen LogP contribution in [0.4, 0.5) is 5.69 Å². The second kappa shape index (κ2) is 15.9. The minimum atomic E-state index is -3.87. The fourth-order valence-electron chi connectivity index (χ4n) is 7.39. The van der Waals surface area contributed by atoms with Gasteiger partial charge < -0.3 is 30.3 Å². The van der Waals surface area contributed by atoms with Crippen molar-refractivity contribution in [1.82, 2.24) is 25.2 Å². The van der Waals surface area contributed by atoms with Crippen LogP contribution < -0.4 is 30.1 Å². The minimum Gasteiger partial charge on any atom is -0.494 e. The standard InChI is InChI=1S/C41H53IN6O8S/c1-9-24-20-41(24,38(52)47-57(53,54)28-14-15-28)46-35(50)31-19-27(56-36-30-18-25(42)13-16-29(30)32(55-8)21-43-36)22-48(31)37(51)33(39(2,3)4)44-26-12-10-11-23(17-26)34(49)45-40(5,6)7/h10-13,16-18,21,24,27-28,31,33,44H,9,14-15,19-20,22H2,1-8H3,(H,45,49)(H,46,50)(H,47,52)/t24-,27-,31+,33-,41-/m1/s1. The van der Waals surface area contributed by atoms with Crippen molar-refractivity contribution < 1.29 is 37.1 Å². The average Bonchev–Trinajstić information content (AvgIpc) is 4.06. The Hall–Kier alpha value is -4.19. The SMILES string of the molecule is CC[C@@H]1C[C@]1(NC(=O)[C@@H]1C[C@@H](Oc2ncc(OC)c3ccc(I)cc23)CN1C(=O)[C@@H](Nc1cccc(C(=O)NC(C)(C)C)c1)C(C)(C)C)C(=O)NS(=O)(=O)C1CC1. The fraction of sp³-hybridized carbons (Fsp3) is 0.537. The Morgan fingerprint density at radius 1 is 1.04 bits per heavy atom. The van der Waals surface area contributed by atoms with E-state index in [-0.39, 0.29) is 31.2 Å². The van der Waals surface area contributed by atoms with Gasteiger partial charge in [0.15, 0.2) is 0 Å². The smallest absolute Gasteiger partial charge is 0.259 e. The Morgan fingerprint density at radius 3 is 2.37 bits per heavy atom. The quantitative estimate of drug-likeness (QED) is 0.168. The summed E-state index contributed by atoms with van der Waals surface area (Å²) < 4.78 is 40.9. The number of hydrogen-bond donors (Lipinski definition) is 4. The van der Waals surface area contributed by atoms with Crippen molar-refractivity contribution in [2.24, 2.45) is 11.3 Å². The highest BCUT2D eigenvalue weighted by molar-refractivity contribution is 14.1. The molecule has 3 aromatic rings. The lowest BCUT2D eigenvalue weighted by Gasteiger charge is -2.36. The van der Waals surface area contributed by atoms with Gasteiger partial charge in [0.2, 0.25) is 27.7 Å². The summed E-state index contributed by atoms with van der Waals surface area (Å²) in [5, 5.41) is 10.1. The highest BCUT2D eigenvalue weighted by Gasteiger charge is 2.62. The number of rotatable bonds is 13. The maximum atomic E-state index is 14.9. The summed E-state index contributed by atoms with van der Waals surface area (Å²) >= 11 is 2.20. The summed E-state index contributed by atoms with van der Waals surface area (Å²) in [5.74, 6) is -1.39. The van der Waals surface area contributed by atoms with Crippen LogP contribution in [0, 0.1) is 14.9 Å². The van der Waals surface area contributed by atoms with E-state index in [2.05, 4.69) is 48.2 Å². The normalized spacial score (nSPS) is 22.7. The largest absolute Gasteiger partial charge is 0.494 e. The molecule has 0 radical (unpaired) electrons. The van der Waals surface area contributed by atoms with Crippen molar-refractivity contribution in [2.75, 3.05) is 19.0 Å². The molecular weight excluding hydrogens is 863 g/mol. The zero-order chi connectivity index (χ0) is 41.7. The van der Waals surface area contributed by atoms with Crippen LogP contribution in [0.2, 0.25) is 0 Å². The first kappa shape index (κ1) is 42.4. The Balaban J connectivity index is 1.32. The van der Waals surface area contributed by atoms with Crippen LogP contribution in [-0.4, -0.2) is 90.1 Å². The molecule has 1 saturated heterocycles. The number of halogens is 1. The molecule has 57 heavy (non-hydrogen) atoms. The van der Waals surface area contributed by atoms with Gasteiger partial charge in [0.1, 0.15) is 29.5 Å². The Labute approximate surface area is 348 Å². The molecule has 2 aliphatic carbocycles. The number of hydrogen-bond acceptors (Lipinski definition) is 10. The molecule has 2 aromatic carbocycles. The highest BCUT2D eigenvalue weighted by Crippen LogP contribution is 2.47. The molecule has 6 rings (SSSR count). The van der Waals surface area contributed by atoms with E-state index in [1.165, 1.54) is 4.90 Å². The molecule has 308 valence electrons. The Morgan fingerprint density at radius 2 is 1.75 bits per heavy atom. The zero-order valence-electron chi connectivity index (χ0n) is 33.7. The number of likely N-dealkylation sites (tertiary alicyclic amines) is 1. The van der Waals surface area contributed by atoms with E-state index < -0.39 is 67.7 Å². The summed E-state index contributed by atoms with van der Waals surface area (Å²) in [6.07, 6.45) is 2.73. The predicted molar refractivity (Wildman–Crippen MR) is 225 cm³/mol. The molecule has 1 aromatic heterocycles. The molecule has 3 aliphatic rings. The number of ether oxygens (including phenoxy) is 2. The summed E-state index contributed by atoms with van der Waals surface area (Å²) in [6.45, 7) is 13.3. The highest BCUT2D eigenvalue weighted by atomic mass is 127. The first-order chi connectivity index (χ1) is 26.7. The minimum absolute atomic E-state index is 0.0186. The third kappa shape index (κ3) is 9.42. The summed E-state index contributed by atoms with van der Waals surface area (Å²) in [7, 11) is -2.31. The Bertz CT molecular complexity index is 2180. The lowest BCUT2D eigenvalue weighted by atomic mass is 9.85.